The van der Waals surface area contributed by atoms with Crippen molar-refractivity contribution < 1.29 is 0 Å². The van der Waals surface area contributed by atoms with E-state index >= 15 is 0 Å². The molecule has 0 aromatic carbocycles. The van der Waals surface area contributed by atoms with Crippen LogP contribution < -0.4 is 5.32 Å². The summed E-state index contributed by atoms with van der Waals surface area (Å²) in [5.41, 5.74) is 1.78. The highest BCUT2D eigenvalue weighted by molar-refractivity contribution is 5.13. The van der Waals surface area contributed by atoms with Gasteiger partial charge in [-0.3, -0.25) is 4.68 Å². The maximum atomic E-state index is 4.34. The summed E-state index contributed by atoms with van der Waals surface area (Å²) in [5.74, 6) is 0.718. The summed E-state index contributed by atoms with van der Waals surface area (Å²) in [5, 5.41) is 8.02. The minimum absolute atomic E-state index is 0.431. The second-order valence-corrected chi connectivity index (χ2v) is 6.32. The van der Waals surface area contributed by atoms with Crippen LogP contribution in [0.5, 0.6) is 0 Å². The van der Waals surface area contributed by atoms with Gasteiger partial charge in [-0.2, -0.15) is 5.10 Å². The predicted molar refractivity (Wildman–Crippen MR) is 75.4 cm³/mol. The zero-order valence-electron chi connectivity index (χ0n) is 12.2. The van der Waals surface area contributed by atoms with Crippen LogP contribution in [0, 0.1) is 11.3 Å². The molecule has 0 bridgehead atoms. The van der Waals surface area contributed by atoms with Crippen molar-refractivity contribution >= 4 is 0 Å². The summed E-state index contributed by atoms with van der Waals surface area (Å²) in [4.78, 5) is 0. The molecular formula is C15H27N3. The highest BCUT2D eigenvalue weighted by Crippen LogP contribution is 2.46. The highest BCUT2D eigenvalue weighted by atomic mass is 15.2. The average molecular weight is 249 g/mol. The molecule has 3 nitrogen and oxygen atoms in total. The summed E-state index contributed by atoms with van der Waals surface area (Å²) in [6.07, 6.45) is 9.63. The Bertz CT molecular complexity index is 381. The SMILES string of the molecule is CCNC(c1cnn(C)c1)C1CCCCC1(C)C. The quantitative estimate of drug-likeness (QED) is 0.887. The normalized spacial score (nSPS) is 25.0. The lowest BCUT2D eigenvalue weighted by Crippen LogP contribution is -2.38. The van der Waals surface area contributed by atoms with Gasteiger partial charge < -0.3 is 5.32 Å². The van der Waals surface area contributed by atoms with Gasteiger partial charge in [0.2, 0.25) is 0 Å². The first-order valence-electron chi connectivity index (χ1n) is 7.26. The number of nitrogens with zero attached hydrogens (tertiary/aromatic N) is 2. The van der Waals surface area contributed by atoms with Crippen molar-refractivity contribution in [3.63, 3.8) is 0 Å². The molecule has 2 atom stereocenters. The van der Waals surface area contributed by atoms with Crippen LogP contribution in [-0.2, 0) is 7.05 Å². The monoisotopic (exact) mass is 249 g/mol. The molecule has 102 valence electrons. The standard InChI is InChI=1S/C15H27N3/c1-5-16-14(12-10-17-18(4)11-12)13-8-6-7-9-15(13,2)3/h10-11,13-14,16H,5-9H2,1-4H3. The van der Waals surface area contributed by atoms with E-state index in [4.69, 9.17) is 0 Å². The molecule has 3 heteroatoms. The third-order valence-electron chi connectivity index (χ3n) is 4.50. The smallest absolute Gasteiger partial charge is 0.0537 e. The maximum absolute atomic E-state index is 4.34. The molecule has 1 N–H and O–H groups in total. The fourth-order valence-electron chi connectivity index (χ4n) is 3.45. The number of nitrogens with one attached hydrogen (secondary N) is 1. The summed E-state index contributed by atoms with van der Waals surface area (Å²) in [6.45, 7) is 8.07. The van der Waals surface area contributed by atoms with Gasteiger partial charge in [-0.25, -0.2) is 0 Å². The first-order valence-corrected chi connectivity index (χ1v) is 7.26. The second-order valence-electron chi connectivity index (χ2n) is 6.32. The van der Waals surface area contributed by atoms with Gasteiger partial charge in [0, 0.05) is 24.8 Å². The van der Waals surface area contributed by atoms with E-state index in [1.165, 1.54) is 31.2 Å². The Morgan fingerprint density at radius 3 is 2.83 bits per heavy atom. The topological polar surface area (TPSA) is 29.9 Å². The van der Waals surface area contributed by atoms with Crippen molar-refractivity contribution in [3.8, 4) is 0 Å². The van der Waals surface area contributed by atoms with Crippen LogP contribution in [-0.4, -0.2) is 16.3 Å². The summed E-state index contributed by atoms with van der Waals surface area (Å²) in [7, 11) is 2.00. The van der Waals surface area contributed by atoms with Crippen LogP contribution in [0.15, 0.2) is 12.4 Å². The van der Waals surface area contributed by atoms with Gasteiger partial charge in [0.05, 0.1) is 6.20 Å². The Morgan fingerprint density at radius 2 is 2.28 bits per heavy atom. The molecule has 0 amide bonds. The molecule has 2 rings (SSSR count). The number of hydrogen-bond donors (Lipinski definition) is 1. The van der Waals surface area contributed by atoms with E-state index in [1.807, 2.05) is 17.9 Å². The van der Waals surface area contributed by atoms with Gasteiger partial charge in [0.1, 0.15) is 0 Å². The Morgan fingerprint density at radius 1 is 1.50 bits per heavy atom. The zero-order chi connectivity index (χ0) is 13.2. The largest absolute Gasteiger partial charge is 0.310 e. The molecular weight excluding hydrogens is 222 g/mol. The van der Waals surface area contributed by atoms with E-state index < -0.39 is 0 Å². The van der Waals surface area contributed by atoms with Crippen LogP contribution in [0.2, 0.25) is 0 Å². The molecule has 0 saturated heterocycles. The Labute approximate surface area is 111 Å². The minimum atomic E-state index is 0.431. The summed E-state index contributed by atoms with van der Waals surface area (Å²) >= 11 is 0. The van der Waals surface area contributed by atoms with Gasteiger partial charge in [0.15, 0.2) is 0 Å². The van der Waals surface area contributed by atoms with Gasteiger partial charge >= 0.3 is 0 Å². The van der Waals surface area contributed by atoms with Crippen LogP contribution in [0.4, 0.5) is 0 Å². The molecule has 1 aromatic rings. The number of rotatable bonds is 4. The maximum Gasteiger partial charge on any atom is 0.0537 e. The van der Waals surface area contributed by atoms with E-state index in [-0.39, 0.29) is 0 Å². The van der Waals surface area contributed by atoms with Crippen LogP contribution >= 0.6 is 0 Å². The molecule has 2 unspecified atom stereocenters. The van der Waals surface area contributed by atoms with Gasteiger partial charge in [0.25, 0.3) is 0 Å². The van der Waals surface area contributed by atoms with Crippen molar-refractivity contribution in [2.75, 3.05) is 6.54 Å². The van der Waals surface area contributed by atoms with Crippen LogP contribution in [0.25, 0.3) is 0 Å². The van der Waals surface area contributed by atoms with Crippen molar-refractivity contribution in [3.05, 3.63) is 18.0 Å². The molecule has 1 aliphatic rings. The van der Waals surface area contributed by atoms with Gasteiger partial charge in [-0.1, -0.05) is 33.6 Å². The Hall–Kier alpha value is -0.830. The first-order chi connectivity index (χ1) is 8.54. The third-order valence-corrected chi connectivity index (χ3v) is 4.50. The van der Waals surface area contributed by atoms with E-state index in [0.29, 0.717) is 11.5 Å². The lowest BCUT2D eigenvalue weighted by Gasteiger charge is -2.43. The molecule has 0 aliphatic heterocycles. The minimum Gasteiger partial charge on any atom is -0.310 e. The third kappa shape index (κ3) is 2.77. The van der Waals surface area contributed by atoms with Crippen LogP contribution in [0.1, 0.15) is 58.1 Å². The summed E-state index contributed by atoms with van der Waals surface area (Å²) < 4.78 is 1.91. The number of hydrogen-bond acceptors (Lipinski definition) is 2. The van der Waals surface area contributed by atoms with Gasteiger partial charge in [-0.15, -0.1) is 0 Å². The zero-order valence-corrected chi connectivity index (χ0v) is 12.2. The molecule has 1 aliphatic carbocycles. The molecule has 0 spiro atoms. The van der Waals surface area contributed by atoms with Crippen molar-refractivity contribution in [2.24, 2.45) is 18.4 Å². The molecule has 1 heterocycles. The number of aromatic nitrogens is 2. The lowest BCUT2D eigenvalue weighted by atomic mass is 9.65. The van der Waals surface area contributed by atoms with E-state index in [0.717, 1.165) is 12.5 Å². The Balaban J connectivity index is 2.23. The van der Waals surface area contributed by atoms with Gasteiger partial charge in [-0.05, 0) is 30.7 Å². The van der Waals surface area contributed by atoms with E-state index in [9.17, 15) is 0 Å². The van der Waals surface area contributed by atoms with Crippen LogP contribution in [0.3, 0.4) is 0 Å². The first kappa shape index (κ1) is 13.6. The van der Waals surface area contributed by atoms with E-state index in [2.05, 4.69) is 37.4 Å². The summed E-state index contributed by atoms with van der Waals surface area (Å²) in [6, 6.07) is 0.457. The molecule has 1 fully saturated rings. The molecule has 1 saturated carbocycles. The molecule has 0 radical (unpaired) electrons. The second kappa shape index (κ2) is 5.43. The molecule has 18 heavy (non-hydrogen) atoms. The Kier molecular flexibility index (Phi) is 4.10. The fourth-order valence-corrected chi connectivity index (χ4v) is 3.45. The lowest BCUT2D eigenvalue weighted by molar-refractivity contribution is 0.0988. The number of aryl methyl sites for hydroxylation is 1. The average Bonchev–Trinajstić information content (AvgIpc) is 2.73. The van der Waals surface area contributed by atoms with E-state index in [1.54, 1.807) is 0 Å². The predicted octanol–water partition coefficient (Wildman–Crippen LogP) is 3.29. The molecule has 1 aromatic heterocycles. The van der Waals surface area contributed by atoms with Crippen molar-refractivity contribution in [1.29, 1.82) is 0 Å². The van der Waals surface area contributed by atoms with Crippen molar-refractivity contribution in [1.82, 2.24) is 15.1 Å². The highest BCUT2D eigenvalue weighted by Gasteiger charge is 2.38. The van der Waals surface area contributed by atoms with Crippen molar-refractivity contribution in [2.45, 2.75) is 52.5 Å². The fraction of sp³-hybridized carbons (Fsp3) is 0.800.